The van der Waals surface area contributed by atoms with Gasteiger partial charge in [0.25, 0.3) is 0 Å². The van der Waals surface area contributed by atoms with Crippen molar-refractivity contribution < 1.29 is 9.53 Å². The molecule has 0 heterocycles. The Morgan fingerprint density at radius 3 is 2.68 bits per heavy atom. The highest BCUT2D eigenvalue weighted by Gasteiger charge is 2.14. The second kappa shape index (κ2) is 8.48. The van der Waals surface area contributed by atoms with Gasteiger partial charge in [0.05, 0.1) is 19.1 Å². The van der Waals surface area contributed by atoms with Gasteiger partial charge < -0.3 is 4.74 Å². The van der Waals surface area contributed by atoms with Gasteiger partial charge in [-0.3, -0.25) is 4.79 Å². The Labute approximate surface area is 169 Å². The van der Waals surface area contributed by atoms with E-state index in [4.69, 9.17) is 4.74 Å². The van der Waals surface area contributed by atoms with Gasteiger partial charge in [-0.1, -0.05) is 42.5 Å². The van der Waals surface area contributed by atoms with Crippen LogP contribution in [0, 0.1) is 0 Å². The molecule has 28 heavy (non-hydrogen) atoms. The Morgan fingerprint density at radius 2 is 1.89 bits per heavy atom. The van der Waals surface area contributed by atoms with Gasteiger partial charge in [-0.2, -0.15) is 5.10 Å². The van der Waals surface area contributed by atoms with Crippen LogP contribution in [0.25, 0.3) is 10.8 Å². The zero-order chi connectivity index (χ0) is 19.3. The number of thioether (sulfide) groups is 1. The molecule has 3 aromatic carbocycles. The molecule has 0 bridgehead atoms. The standard InChI is InChI=1S/C23H22N2O2S/c1-27-20-11-5-16(6-12-20)14-28-15-22(26)25-24-13-19-10-9-18-8-7-17-3-2-4-21(19)23(17)18/h2-6,9-13H,7-8,14-15H2,1H3,(H,25,26)/b24-13+. The largest absolute Gasteiger partial charge is 0.497 e. The lowest BCUT2D eigenvalue weighted by Gasteiger charge is -2.05. The maximum absolute atomic E-state index is 12.0. The molecule has 0 saturated heterocycles. The lowest BCUT2D eigenvalue weighted by atomic mass is 10.0. The van der Waals surface area contributed by atoms with E-state index in [0.717, 1.165) is 35.5 Å². The molecule has 0 spiro atoms. The lowest BCUT2D eigenvalue weighted by molar-refractivity contribution is -0.118. The highest BCUT2D eigenvalue weighted by Crippen LogP contribution is 2.32. The quantitative estimate of drug-likeness (QED) is 0.483. The highest BCUT2D eigenvalue weighted by molar-refractivity contribution is 7.99. The monoisotopic (exact) mass is 390 g/mol. The molecule has 0 saturated carbocycles. The Morgan fingerprint density at radius 1 is 1.11 bits per heavy atom. The first kappa shape index (κ1) is 18.6. The summed E-state index contributed by atoms with van der Waals surface area (Å²) in [6, 6.07) is 18.6. The summed E-state index contributed by atoms with van der Waals surface area (Å²) < 4.78 is 5.15. The van der Waals surface area contributed by atoms with Crippen molar-refractivity contribution in [3.63, 3.8) is 0 Å². The number of benzene rings is 3. The summed E-state index contributed by atoms with van der Waals surface area (Å²) in [5, 5.41) is 6.73. The minimum atomic E-state index is -0.0966. The van der Waals surface area contributed by atoms with Crippen molar-refractivity contribution in [2.75, 3.05) is 12.9 Å². The number of nitrogens with one attached hydrogen (secondary N) is 1. The van der Waals surface area contributed by atoms with Gasteiger partial charge in [0, 0.05) is 11.3 Å². The summed E-state index contributed by atoms with van der Waals surface area (Å²) in [7, 11) is 1.65. The van der Waals surface area contributed by atoms with Crippen molar-refractivity contribution in [3.05, 3.63) is 76.9 Å². The predicted octanol–water partition coefficient (Wildman–Crippen LogP) is 4.33. The number of hydrazone groups is 1. The molecule has 0 fully saturated rings. The third-order valence-corrected chi connectivity index (χ3v) is 5.97. The molecular formula is C23H22N2O2S. The van der Waals surface area contributed by atoms with Crippen LogP contribution in [0.15, 0.2) is 59.7 Å². The maximum Gasteiger partial charge on any atom is 0.250 e. The van der Waals surface area contributed by atoms with Gasteiger partial charge in [-0.05, 0) is 52.4 Å². The molecule has 1 aliphatic rings. The van der Waals surface area contributed by atoms with Crippen LogP contribution in [0.4, 0.5) is 0 Å². The smallest absolute Gasteiger partial charge is 0.250 e. The van der Waals surface area contributed by atoms with Crippen molar-refractivity contribution in [2.24, 2.45) is 5.10 Å². The number of carbonyl (C=O) groups excluding carboxylic acids is 1. The number of ether oxygens (including phenoxy) is 1. The first-order valence-electron chi connectivity index (χ1n) is 9.30. The molecule has 1 aliphatic carbocycles. The van der Waals surface area contributed by atoms with Gasteiger partial charge in [0.15, 0.2) is 0 Å². The molecule has 0 aliphatic heterocycles. The number of amides is 1. The van der Waals surface area contributed by atoms with Gasteiger partial charge in [0.1, 0.15) is 5.75 Å². The van der Waals surface area contributed by atoms with E-state index in [1.807, 2.05) is 24.3 Å². The van der Waals surface area contributed by atoms with Gasteiger partial charge >= 0.3 is 0 Å². The Balaban J connectivity index is 1.31. The van der Waals surface area contributed by atoms with Crippen LogP contribution in [0.3, 0.4) is 0 Å². The van der Waals surface area contributed by atoms with Crippen molar-refractivity contribution in [3.8, 4) is 5.75 Å². The molecule has 0 radical (unpaired) electrons. The lowest BCUT2D eigenvalue weighted by Crippen LogP contribution is -2.19. The van der Waals surface area contributed by atoms with Crippen LogP contribution in [-0.2, 0) is 23.4 Å². The normalized spacial score (nSPS) is 12.6. The van der Waals surface area contributed by atoms with Gasteiger partial charge in [0.2, 0.25) is 5.91 Å². The summed E-state index contributed by atoms with van der Waals surface area (Å²) in [5.74, 6) is 1.88. The van der Waals surface area contributed by atoms with Crippen LogP contribution in [0.1, 0.15) is 22.3 Å². The maximum atomic E-state index is 12.0. The zero-order valence-corrected chi connectivity index (χ0v) is 16.6. The summed E-state index contributed by atoms with van der Waals surface area (Å²) in [4.78, 5) is 12.0. The van der Waals surface area contributed by atoms with Crippen LogP contribution in [0.2, 0.25) is 0 Å². The van der Waals surface area contributed by atoms with E-state index in [-0.39, 0.29) is 5.91 Å². The van der Waals surface area contributed by atoms with E-state index < -0.39 is 0 Å². The molecule has 5 heteroatoms. The van der Waals surface area contributed by atoms with Gasteiger partial charge in [-0.25, -0.2) is 5.43 Å². The molecule has 4 nitrogen and oxygen atoms in total. The summed E-state index contributed by atoms with van der Waals surface area (Å²) in [5.41, 5.74) is 7.64. The SMILES string of the molecule is COc1ccc(CSCC(=O)N/N=C/c2ccc3c4c(cccc24)CC3)cc1. The summed E-state index contributed by atoms with van der Waals surface area (Å²) >= 11 is 1.56. The molecule has 0 atom stereocenters. The van der Waals surface area contributed by atoms with Crippen LogP contribution in [0.5, 0.6) is 5.75 Å². The van der Waals surface area contributed by atoms with Crippen molar-refractivity contribution in [1.82, 2.24) is 5.43 Å². The van der Waals surface area contributed by atoms with E-state index in [1.165, 1.54) is 21.9 Å². The van der Waals surface area contributed by atoms with E-state index in [1.54, 1.807) is 25.1 Å². The number of hydrogen-bond acceptors (Lipinski definition) is 4. The highest BCUT2D eigenvalue weighted by atomic mass is 32.2. The number of rotatable bonds is 7. The molecule has 142 valence electrons. The van der Waals surface area contributed by atoms with Crippen molar-refractivity contribution >= 4 is 34.7 Å². The average molecular weight is 391 g/mol. The third-order valence-electron chi connectivity index (χ3n) is 4.96. The minimum absolute atomic E-state index is 0.0966. The van der Waals surface area contributed by atoms with Gasteiger partial charge in [-0.15, -0.1) is 11.8 Å². The first-order valence-corrected chi connectivity index (χ1v) is 10.5. The number of hydrogen-bond donors (Lipinski definition) is 1. The average Bonchev–Trinajstić information content (AvgIpc) is 3.15. The van der Waals surface area contributed by atoms with Crippen LogP contribution < -0.4 is 10.2 Å². The fourth-order valence-corrected chi connectivity index (χ4v) is 4.35. The van der Waals surface area contributed by atoms with Crippen LogP contribution in [-0.4, -0.2) is 25.0 Å². The second-order valence-corrected chi connectivity index (χ2v) is 7.77. The number of nitrogens with zero attached hydrogens (tertiary/aromatic N) is 1. The van der Waals surface area contributed by atoms with Crippen LogP contribution >= 0.6 is 11.8 Å². The van der Waals surface area contributed by atoms with E-state index in [2.05, 4.69) is 40.9 Å². The fourth-order valence-electron chi connectivity index (χ4n) is 3.57. The molecule has 1 N–H and O–H groups in total. The molecule has 0 unspecified atom stereocenters. The second-order valence-electron chi connectivity index (χ2n) is 6.79. The number of carbonyl (C=O) groups is 1. The van der Waals surface area contributed by atoms with E-state index in [0.29, 0.717) is 5.75 Å². The zero-order valence-electron chi connectivity index (χ0n) is 15.8. The molecule has 3 aromatic rings. The summed E-state index contributed by atoms with van der Waals surface area (Å²) in [6.45, 7) is 0. The third kappa shape index (κ3) is 4.04. The Hall–Kier alpha value is -2.79. The first-order chi connectivity index (χ1) is 13.7. The van der Waals surface area contributed by atoms with E-state index >= 15 is 0 Å². The predicted molar refractivity (Wildman–Crippen MR) is 116 cm³/mol. The van der Waals surface area contributed by atoms with Crippen molar-refractivity contribution in [1.29, 1.82) is 0 Å². The molecule has 0 aromatic heterocycles. The van der Waals surface area contributed by atoms with Crippen molar-refractivity contribution in [2.45, 2.75) is 18.6 Å². The Bertz CT molecular complexity index is 1020. The molecular weight excluding hydrogens is 368 g/mol. The molecule has 1 amide bonds. The topological polar surface area (TPSA) is 50.7 Å². The minimum Gasteiger partial charge on any atom is -0.497 e. The van der Waals surface area contributed by atoms with E-state index in [9.17, 15) is 4.79 Å². The Kier molecular flexibility index (Phi) is 5.63. The number of aryl methyl sites for hydroxylation is 2. The summed E-state index contributed by atoms with van der Waals surface area (Å²) in [6.07, 6.45) is 3.96. The molecule has 4 rings (SSSR count). The number of methoxy groups -OCH3 is 1. The fraction of sp³-hybridized carbons (Fsp3) is 0.217.